The first-order chi connectivity index (χ1) is 8.58. The highest BCUT2D eigenvalue weighted by atomic mass is 16.1. The molecule has 0 fully saturated rings. The topological polar surface area (TPSA) is 58.9 Å². The maximum Gasteiger partial charge on any atom is 0.197 e. The second-order valence-electron chi connectivity index (χ2n) is 4.73. The van der Waals surface area contributed by atoms with Crippen LogP contribution in [0, 0.1) is 13.8 Å². The van der Waals surface area contributed by atoms with Gasteiger partial charge in [-0.1, -0.05) is 12.1 Å². The van der Waals surface area contributed by atoms with Crippen LogP contribution in [0.25, 0.3) is 21.8 Å². The van der Waals surface area contributed by atoms with E-state index in [9.17, 15) is 4.79 Å². The average Bonchev–Trinajstić information content (AvgIpc) is 2.30. The van der Waals surface area contributed by atoms with Gasteiger partial charge >= 0.3 is 0 Å². The van der Waals surface area contributed by atoms with Crippen molar-refractivity contribution in [1.82, 2.24) is 4.98 Å². The van der Waals surface area contributed by atoms with Crippen molar-refractivity contribution in [3.05, 3.63) is 51.7 Å². The zero-order valence-corrected chi connectivity index (χ0v) is 10.4. The Kier molecular flexibility index (Phi) is 2.17. The Balaban J connectivity index is 2.66. The molecule has 0 aliphatic carbocycles. The Morgan fingerprint density at radius 1 is 1.17 bits per heavy atom. The second-order valence-corrected chi connectivity index (χ2v) is 4.73. The number of H-pyrrole nitrogens is 1. The van der Waals surface area contributed by atoms with E-state index in [1.54, 1.807) is 6.07 Å². The summed E-state index contributed by atoms with van der Waals surface area (Å²) in [4.78, 5) is 15.8. The lowest BCUT2D eigenvalue weighted by molar-refractivity contribution is 1.38. The Hall–Kier alpha value is -2.29. The number of nitrogens with one attached hydrogen (secondary N) is 1. The number of para-hydroxylation sites is 1. The van der Waals surface area contributed by atoms with Gasteiger partial charge in [-0.3, -0.25) is 4.79 Å². The van der Waals surface area contributed by atoms with E-state index in [-0.39, 0.29) is 5.43 Å². The van der Waals surface area contributed by atoms with Gasteiger partial charge < -0.3 is 10.7 Å². The van der Waals surface area contributed by atoms with Crippen LogP contribution in [0.1, 0.15) is 11.1 Å². The van der Waals surface area contributed by atoms with Crippen molar-refractivity contribution in [1.29, 1.82) is 0 Å². The Morgan fingerprint density at radius 2 is 1.94 bits per heavy atom. The van der Waals surface area contributed by atoms with Gasteiger partial charge in [-0.05, 0) is 43.2 Å². The molecule has 0 aliphatic rings. The summed E-state index contributed by atoms with van der Waals surface area (Å²) >= 11 is 0. The van der Waals surface area contributed by atoms with Gasteiger partial charge in [0.2, 0.25) is 0 Å². The fourth-order valence-corrected chi connectivity index (χ4v) is 2.54. The minimum Gasteiger partial charge on any atom is -0.397 e. The zero-order chi connectivity index (χ0) is 12.9. The van der Waals surface area contributed by atoms with Crippen molar-refractivity contribution in [2.24, 2.45) is 0 Å². The summed E-state index contributed by atoms with van der Waals surface area (Å²) in [6, 6.07) is 9.42. The normalized spacial score (nSPS) is 11.2. The average molecular weight is 238 g/mol. The molecule has 18 heavy (non-hydrogen) atoms. The van der Waals surface area contributed by atoms with Gasteiger partial charge in [0, 0.05) is 10.8 Å². The molecule has 3 rings (SSSR count). The Bertz CT molecular complexity index is 831. The molecule has 0 bridgehead atoms. The van der Waals surface area contributed by atoms with Gasteiger partial charge in [0.1, 0.15) is 0 Å². The maximum atomic E-state index is 12.5. The molecule has 0 atom stereocenters. The molecule has 3 aromatic rings. The smallest absolute Gasteiger partial charge is 0.197 e. The third kappa shape index (κ3) is 1.40. The summed E-state index contributed by atoms with van der Waals surface area (Å²) < 4.78 is 0. The van der Waals surface area contributed by atoms with Crippen LogP contribution >= 0.6 is 0 Å². The molecule has 0 unspecified atom stereocenters. The number of nitrogens with two attached hydrogens (primary N) is 1. The van der Waals surface area contributed by atoms with E-state index in [2.05, 4.69) is 4.98 Å². The van der Waals surface area contributed by atoms with E-state index in [1.165, 1.54) is 0 Å². The number of anilines is 1. The first-order valence-electron chi connectivity index (χ1n) is 5.89. The van der Waals surface area contributed by atoms with Crippen LogP contribution in [0.3, 0.4) is 0 Å². The van der Waals surface area contributed by atoms with Crippen molar-refractivity contribution in [2.75, 3.05) is 5.73 Å². The summed E-state index contributed by atoms with van der Waals surface area (Å²) in [6.07, 6.45) is 0. The number of aryl methyl sites for hydroxylation is 2. The lowest BCUT2D eigenvalue weighted by Gasteiger charge is -2.08. The van der Waals surface area contributed by atoms with E-state index < -0.39 is 0 Å². The highest BCUT2D eigenvalue weighted by Crippen LogP contribution is 2.22. The van der Waals surface area contributed by atoms with E-state index in [0.29, 0.717) is 11.1 Å². The Labute approximate surface area is 104 Å². The van der Waals surface area contributed by atoms with Crippen LogP contribution in [-0.4, -0.2) is 4.98 Å². The standard InChI is InChI=1S/C15H14N2O/c1-8-6-9(2)13-12(7-8)17-14-10(15(13)18)4-3-5-11(14)16/h3-7H,16H2,1-2H3,(H,17,18). The molecule has 3 nitrogen and oxygen atoms in total. The van der Waals surface area contributed by atoms with Crippen molar-refractivity contribution in [3.8, 4) is 0 Å². The van der Waals surface area contributed by atoms with Crippen LogP contribution < -0.4 is 11.2 Å². The first-order valence-corrected chi connectivity index (χ1v) is 5.89. The van der Waals surface area contributed by atoms with E-state index >= 15 is 0 Å². The molecule has 0 saturated heterocycles. The van der Waals surface area contributed by atoms with Gasteiger partial charge in [-0.2, -0.15) is 0 Å². The van der Waals surface area contributed by atoms with Crippen molar-refractivity contribution in [2.45, 2.75) is 13.8 Å². The molecule has 0 radical (unpaired) electrons. The van der Waals surface area contributed by atoms with Crippen molar-refractivity contribution >= 4 is 27.5 Å². The SMILES string of the molecule is Cc1cc(C)c2c(=O)c3cccc(N)c3[nH]c2c1. The molecule has 90 valence electrons. The first kappa shape index (κ1) is 10.8. The number of pyridine rings is 1. The number of rotatable bonds is 0. The highest BCUT2D eigenvalue weighted by molar-refractivity contribution is 5.98. The highest BCUT2D eigenvalue weighted by Gasteiger charge is 2.09. The summed E-state index contributed by atoms with van der Waals surface area (Å²) in [5.41, 5.74) is 10.3. The van der Waals surface area contributed by atoms with Gasteiger partial charge in [0.05, 0.1) is 16.7 Å². The van der Waals surface area contributed by atoms with Crippen LogP contribution in [0.2, 0.25) is 0 Å². The number of benzene rings is 2. The number of hydrogen-bond acceptors (Lipinski definition) is 2. The molecular formula is C15H14N2O. The summed E-state index contributed by atoms with van der Waals surface area (Å²) in [5, 5.41) is 1.40. The minimum atomic E-state index is 0.0450. The third-order valence-corrected chi connectivity index (χ3v) is 3.31. The van der Waals surface area contributed by atoms with Crippen LogP contribution in [0.4, 0.5) is 5.69 Å². The zero-order valence-electron chi connectivity index (χ0n) is 10.4. The van der Waals surface area contributed by atoms with Gasteiger partial charge in [0.25, 0.3) is 0 Å². The van der Waals surface area contributed by atoms with E-state index in [4.69, 9.17) is 5.73 Å². The summed E-state index contributed by atoms with van der Waals surface area (Å²) in [6.45, 7) is 3.98. The lowest BCUT2D eigenvalue weighted by atomic mass is 10.0. The van der Waals surface area contributed by atoms with Crippen molar-refractivity contribution < 1.29 is 0 Å². The monoisotopic (exact) mass is 238 g/mol. The molecule has 2 aromatic carbocycles. The third-order valence-electron chi connectivity index (χ3n) is 3.31. The van der Waals surface area contributed by atoms with Gasteiger partial charge in [-0.25, -0.2) is 0 Å². The lowest BCUT2D eigenvalue weighted by Crippen LogP contribution is -2.07. The number of fused-ring (bicyclic) bond motifs is 2. The molecule has 1 heterocycles. The van der Waals surface area contributed by atoms with Crippen molar-refractivity contribution in [3.63, 3.8) is 0 Å². The quantitative estimate of drug-likeness (QED) is 0.467. The van der Waals surface area contributed by atoms with Crippen LogP contribution in [0.15, 0.2) is 35.1 Å². The minimum absolute atomic E-state index is 0.0450. The fourth-order valence-electron chi connectivity index (χ4n) is 2.54. The molecule has 0 amide bonds. The fraction of sp³-hybridized carbons (Fsp3) is 0.133. The molecule has 3 heteroatoms. The van der Waals surface area contributed by atoms with Gasteiger partial charge in [-0.15, -0.1) is 0 Å². The largest absolute Gasteiger partial charge is 0.397 e. The second kappa shape index (κ2) is 3.60. The number of nitrogen functional groups attached to an aromatic ring is 1. The van der Waals surface area contributed by atoms with Gasteiger partial charge in [0.15, 0.2) is 5.43 Å². The van der Waals surface area contributed by atoms with E-state index in [1.807, 2.05) is 38.1 Å². The molecular weight excluding hydrogens is 224 g/mol. The summed E-state index contributed by atoms with van der Waals surface area (Å²) in [5.74, 6) is 0. The molecule has 0 spiro atoms. The molecule has 1 aromatic heterocycles. The molecule has 3 N–H and O–H groups in total. The Morgan fingerprint density at radius 3 is 2.72 bits per heavy atom. The van der Waals surface area contributed by atoms with E-state index in [0.717, 1.165) is 27.5 Å². The maximum absolute atomic E-state index is 12.5. The number of aromatic nitrogens is 1. The molecule has 0 saturated carbocycles. The number of hydrogen-bond donors (Lipinski definition) is 2. The number of aromatic amines is 1. The van der Waals surface area contributed by atoms with Crippen LogP contribution in [-0.2, 0) is 0 Å². The molecule has 0 aliphatic heterocycles. The summed E-state index contributed by atoms with van der Waals surface area (Å²) in [7, 11) is 0. The van der Waals surface area contributed by atoms with Crippen LogP contribution in [0.5, 0.6) is 0 Å². The predicted octanol–water partition coefficient (Wildman–Crippen LogP) is 2.88. The predicted molar refractivity (Wildman–Crippen MR) is 76.0 cm³/mol.